The Balaban J connectivity index is 2.34. The first-order chi connectivity index (χ1) is 5.62. The number of hydrogen-bond donors (Lipinski definition) is 0. The molecule has 0 aromatic heterocycles. The molecule has 2 aliphatic rings. The molecule has 1 nitrogen and oxygen atoms in total. The lowest BCUT2D eigenvalue weighted by Gasteiger charge is -2.36. The fourth-order valence-corrected chi connectivity index (χ4v) is 2.81. The first-order valence-corrected chi connectivity index (χ1v) is 4.87. The molecule has 0 aliphatic heterocycles. The second kappa shape index (κ2) is 2.45. The van der Waals surface area contributed by atoms with Crippen molar-refractivity contribution in [2.45, 2.75) is 39.5 Å². The number of rotatable bonds is 0. The van der Waals surface area contributed by atoms with Gasteiger partial charge in [0.2, 0.25) is 0 Å². The van der Waals surface area contributed by atoms with E-state index in [0.717, 1.165) is 6.42 Å². The van der Waals surface area contributed by atoms with E-state index in [2.05, 4.69) is 13.8 Å². The third-order valence-electron chi connectivity index (χ3n) is 3.47. The van der Waals surface area contributed by atoms with Gasteiger partial charge in [0.1, 0.15) is 0 Å². The van der Waals surface area contributed by atoms with Gasteiger partial charge in [-0.2, -0.15) is 0 Å². The fourth-order valence-electron chi connectivity index (χ4n) is 2.81. The summed E-state index contributed by atoms with van der Waals surface area (Å²) in [5, 5.41) is 0. The van der Waals surface area contributed by atoms with E-state index in [-0.39, 0.29) is 5.41 Å². The predicted octanol–water partition coefficient (Wildman–Crippen LogP) is 2.71. The molecule has 0 spiro atoms. The third-order valence-corrected chi connectivity index (χ3v) is 3.47. The molecule has 2 rings (SSSR count). The summed E-state index contributed by atoms with van der Waals surface area (Å²) in [4.78, 5) is 11.3. The quantitative estimate of drug-likeness (QED) is 0.538. The first-order valence-electron chi connectivity index (χ1n) is 4.87. The van der Waals surface area contributed by atoms with Gasteiger partial charge in [0.05, 0.1) is 0 Å². The first kappa shape index (κ1) is 8.03. The van der Waals surface area contributed by atoms with Crippen molar-refractivity contribution in [1.29, 1.82) is 0 Å². The van der Waals surface area contributed by atoms with Gasteiger partial charge < -0.3 is 0 Å². The van der Waals surface area contributed by atoms with E-state index in [1.165, 1.54) is 24.8 Å². The largest absolute Gasteiger partial charge is 0.295 e. The highest BCUT2D eigenvalue weighted by molar-refractivity contribution is 5.94. The molecule has 2 aliphatic carbocycles. The van der Waals surface area contributed by atoms with Gasteiger partial charge in [-0.25, -0.2) is 0 Å². The highest BCUT2D eigenvalue weighted by Crippen LogP contribution is 2.49. The van der Waals surface area contributed by atoms with Gasteiger partial charge in [-0.15, -0.1) is 0 Å². The summed E-state index contributed by atoms with van der Waals surface area (Å²) >= 11 is 0. The van der Waals surface area contributed by atoms with Gasteiger partial charge >= 0.3 is 0 Å². The lowest BCUT2D eigenvalue weighted by molar-refractivity contribution is -0.115. The Bertz CT molecular complexity index is 252. The van der Waals surface area contributed by atoms with Crippen molar-refractivity contribution in [3.05, 3.63) is 11.6 Å². The molecule has 0 bridgehead atoms. The highest BCUT2D eigenvalue weighted by Gasteiger charge is 2.40. The SMILES string of the molecule is C[C@H]1CCC[C@]2(C)CC(=O)C=C12. The van der Waals surface area contributed by atoms with Crippen LogP contribution in [0.3, 0.4) is 0 Å². The maximum absolute atomic E-state index is 11.3. The van der Waals surface area contributed by atoms with Crippen LogP contribution in [0.15, 0.2) is 11.6 Å². The molecule has 0 heterocycles. The van der Waals surface area contributed by atoms with Gasteiger partial charge in [0.15, 0.2) is 5.78 Å². The molecule has 0 saturated heterocycles. The van der Waals surface area contributed by atoms with Crippen molar-refractivity contribution in [2.24, 2.45) is 11.3 Å². The molecule has 0 aromatic carbocycles. The van der Waals surface area contributed by atoms with Gasteiger partial charge in [-0.3, -0.25) is 4.79 Å². The molecular weight excluding hydrogens is 148 g/mol. The Hall–Kier alpha value is -0.590. The Morgan fingerprint density at radius 1 is 1.58 bits per heavy atom. The van der Waals surface area contributed by atoms with Crippen molar-refractivity contribution in [1.82, 2.24) is 0 Å². The maximum atomic E-state index is 11.3. The minimum atomic E-state index is 0.245. The summed E-state index contributed by atoms with van der Waals surface area (Å²) in [6.45, 7) is 4.50. The minimum absolute atomic E-state index is 0.245. The van der Waals surface area contributed by atoms with Crippen molar-refractivity contribution in [3.63, 3.8) is 0 Å². The Morgan fingerprint density at radius 3 is 3.00 bits per heavy atom. The fraction of sp³-hybridized carbons (Fsp3) is 0.727. The Morgan fingerprint density at radius 2 is 2.33 bits per heavy atom. The minimum Gasteiger partial charge on any atom is -0.295 e. The van der Waals surface area contributed by atoms with Crippen LogP contribution in [0.2, 0.25) is 0 Å². The zero-order valence-electron chi connectivity index (χ0n) is 7.89. The van der Waals surface area contributed by atoms with E-state index in [0.29, 0.717) is 11.7 Å². The van der Waals surface area contributed by atoms with Crippen LogP contribution in [0.4, 0.5) is 0 Å². The summed E-state index contributed by atoms with van der Waals surface area (Å²) in [6, 6.07) is 0. The molecule has 1 saturated carbocycles. The van der Waals surface area contributed by atoms with Gasteiger partial charge in [0.25, 0.3) is 0 Å². The second-order valence-electron chi connectivity index (χ2n) is 4.60. The monoisotopic (exact) mass is 164 g/mol. The van der Waals surface area contributed by atoms with Crippen LogP contribution in [-0.4, -0.2) is 5.78 Å². The zero-order chi connectivity index (χ0) is 8.77. The van der Waals surface area contributed by atoms with Crippen LogP contribution in [0.1, 0.15) is 39.5 Å². The molecule has 0 aromatic rings. The smallest absolute Gasteiger partial charge is 0.156 e. The molecule has 66 valence electrons. The third kappa shape index (κ3) is 1.03. The van der Waals surface area contributed by atoms with Crippen LogP contribution in [0.5, 0.6) is 0 Å². The molecule has 0 amide bonds. The maximum Gasteiger partial charge on any atom is 0.156 e. The van der Waals surface area contributed by atoms with Gasteiger partial charge in [-0.1, -0.05) is 25.8 Å². The molecule has 0 N–H and O–H groups in total. The summed E-state index contributed by atoms with van der Waals surface area (Å²) in [5.74, 6) is 0.997. The second-order valence-corrected chi connectivity index (χ2v) is 4.60. The topological polar surface area (TPSA) is 17.1 Å². The van der Waals surface area contributed by atoms with Crippen molar-refractivity contribution in [3.8, 4) is 0 Å². The average molecular weight is 164 g/mol. The Kier molecular flexibility index (Phi) is 1.64. The van der Waals surface area contributed by atoms with E-state index in [1.807, 2.05) is 6.08 Å². The normalized spacial score (nSPS) is 41.0. The van der Waals surface area contributed by atoms with E-state index in [1.54, 1.807) is 0 Å². The molecule has 0 radical (unpaired) electrons. The highest BCUT2D eigenvalue weighted by atomic mass is 16.1. The molecule has 2 atom stereocenters. The van der Waals surface area contributed by atoms with Gasteiger partial charge in [0, 0.05) is 6.42 Å². The molecule has 1 heteroatoms. The summed E-state index contributed by atoms with van der Waals surface area (Å²) < 4.78 is 0. The van der Waals surface area contributed by atoms with Crippen molar-refractivity contribution >= 4 is 5.78 Å². The van der Waals surface area contributed by atoms with E-state index in [9.17, 15) is 4.79 Å². The predicted molar refractivity (Wildman–Crippen MR) is 48.8 cm³/mol. The summed E-state index contributed by atoms with van der Waals surface area (Å²) in [5.41, 5.74) is 1.67. The van der Waals surface area contributed by atoms with Crippen LogP contribution >= 0.6 is 0 Å². The number of carbonyl (C=O) groups is 1. The lowest BCUT2D eigenvalue weighted by atomic mass is 9.69. The van der Waals surface area contributed by atoms with E-state index in [4.69, 9.17) is 0 Å². The molecule has 1 fully saturated rings. The van der Waals surface area contributed by atoms with Crippen LogP contribution in [0, 0.1) is 11.3 Å². The van der Waals surface area contributed by atoms with Crippen molar-refractivity contribution < 1.29 is 4.79 Å². The lowest BCUT2D eigenvalue weighted by Crippen LogP contribution is -2.25. The van der Waals surface area contributed by atoms with Gasteiger partial charge in [-0.05, 0) is 30.3 Å². The van der Waals surface area contributed by atoms with E-state index >= 15 is 0 Å². The zero-order valence-corrected chi connectivity index (χ0v) is 7.89. The van der Waals surface area contributed by atoms with Crippen LogP contribution < -0.4 is 0 Å². The molecular formula is C11H16O. The summed E-state index contributed by atoms with van der Waals surface area (Å²) in [7, 11) is 0. The number of carbonyl (C=O) groups excluding carboxylic acids is 1. The van der Waals surface area contributed by atoms with E-state index < -0.39 is 0 Å². The number of ketones is 1. The molecule has 12 heavy (non-hydrogen) atoms. The number of allylic oxidation sites excluding steroid dienone is 2. The molecule has 0 unspecified atom stereocenters. The number of fused-ring (bicyclic) bond motifs is 1. The number of hydrogen-bond acceptors (Lipinski definition) is 1. The standard InChI is InChI=1S/C11H16O/c1-8-4-3-5-11(2)7-9(12)6-10(8)11/h6,8H,3-5,7H2,1-2H3/t8-,11+/m0/s1. The van der Waals surface area contributed by atoms with Crippen LogP contribution in [-0.2, 0) is 4.79 Å². The summed E-state index contributed by atoms with van der Waals surface area (Å²) in [6.07, 6.45) is 6.46. The van der Waals surface area contributed by atoms with Crippen LogP contribution in [0.25, 0.3) is 0 Å². The average Bonchev–Trinajstić information content (AvgIpc) is 2.26. The Labute approximate surface area is 73.8 Å². The van der Waals surface area contributed by atoms with Crippen molar-refractivity contribution in [2.75, 3.05) is 0 Å².